The van der Waals surface area contributed by atoms with Gasteiger partial charge in [-0.05, 0) is 38.0 Å². The molecule has 2 amide bonds. The quantitative estimate of drug-likeness (QED) is 0.853. The molecule has 2 aromatic rings. The number of nitrogens with zero attached hydrogens (tertiary/aromatic N) is 2. The predicted octanol–water partition coefficient (Wildman–Crippen LogP) is 1.87. The zero-order valence-corrected chi connectivity index (χ0v) is 15.2. The number of amides is 2. The van der Waals surface area contributed by atoms with Gasteiger partial charge in [0, 0.05) is 19.5 Å². The van der Waals surface area contributed by atoms with Crippen LogP contribution in [0.15, 0.2) is 28.8 Å². The molecule has 138 valence electrons. The summed E-state index contributed by atoms with van der Waals surface area (Å²) in [5, 5.41) is 6.71. The minimum atomic E-state index is -0.240. The summed E-state index contributed by atoms with van der Waals surface area (Å²) < 4.78 is 10.2. The van der Waals surface area contributed by atoms with E-state index in [1.807, 2.05) is 24.3 Å². The number of carbonyl (C=O) groups is 2. The molecule has 2 heterocycles. The van der Waals surface area contributed by atoms with Gasteiger partial charge in [-0.15, -0.1) is 0 Å². The first-order chi connectivity index (χ1) is 12.5. The average molecular weight is 357 g/mol. The van der Waals surface area contributed by atoms with Crippen LogP contribution in [0.25, 0.3) is 0 Å². The molecule has 0 bridgehead atoms. The Hall–Kier alpha value is -2.83. The number of aryl methyl sites for hydroxylation is 2. The summed E-state index contributed by atoms with van der Waals surface area (Å²) in [4.78, 5) is 26.4. The number of nitrogens with one attached hydrogen (secondary N) is 1. The first-order valence-electron chi connectivity index (χ1n) is 8.62. The highest BCUT2D eigenvalue weighted by Gasteiger charge is 2.31. The highest BCUT2D eigenvalue weighted by atomic mass is 16.5. The molecule has 1 aliphatic rings. The van der Waals surface area contributed by atoms with Crippen LogP contribution in [0, 0.1) is 13.8 Å². The van der Waals surface area contributed by atoms with E-state index in [9.17, 15) is 9.59 Å². The summed E-state index contributed by atoms with van der Waals surface area (Å²) in [6, 6.07) is 7.62. The first kappa shape index (κ1) is 18.0. The fourth-order valence-corrected chi connectivity index (χ4v) is 3.21. The zero-order valence-electron chi connectivity index (χ0n) is 15.2. The van der Waals surface area contributed by atoms with Gasteiger partial charge in [-0.2, -0.15) is 0 Å². The molecular weight excluding hydrogens is 334 g/mol. The fraction of sp³-hybridized carbons (Fsp3) is 0.421. The van der Waals surface area contributed by atoms with E-state index in [1.165, 1.54) is 0 Å². The lowest BCUT2D eigenvalue weighted by atomic mass is 10.1. The van der Waals surface area contributed by atoms with Gasteiger partial charge >= 0.3 is 0 Å². The van der Waals surface area contributed by atoms with Crippen LogP contribution in [0.3, 0.4) is 0 Å². The van der Waals surface area contributed by atoms with Gasteiger partial charge in [0.25, 0.3) is 5.91 Å². The smallest absolute Gasteiger partial charge is 0.257 e. The Labute approximate surface area is 152 Å². The van der Waals surface area contributed by atoms with Gasteiger partial charge in [-0.1, -0.05) is 17.3 Å². The molecule has 7 heteroatoms. The van der Waals surface area contributed by atoms with E-state index in [0.29, 0.717) is 36.5 Å². The molecule has 1 aliphatic heterocycles. The van der Waals surface area contributed by atoms with Gasteiger partial charge < -0.3 is 19.5 Å². The van der Waals surface area contributed by atoms with Gasteiger partial charge in [0.2, 0.25) is 5.91 Å². The van der Waals surface area contributed by atoms with Gasteiger partial charge in [-0.25, -0.2) is 0 Å². The molecule has 26 heavy (non-hydrogen) atoms. The summed E-state index contributed by atoms with van der Waals surface area (Å²) in [5.41, 5.74) is 2.15. The second-order valence-corrected chi connectivity index (χ2v) is 6.51. The molecule has 0 saturated carbocycles. The maximum atomic E-state index is 12.4. The Morgan fingerprint density at radius 1 is 1.35 bits per heavy atom. The Balaban J connectivity index is 1.54. The van der Waals surface area contributed by atoms with Crippen LogP contribution in [-0.2, 0) is 11.2 Å². The molecule has 0 spiro atoms. The number of rotatable bonds is 6. The van der Waals surface area contributed by atoms with Crippen molar-refractivity contribution in [2.75, 3.05) is 20.2 Å². The first-order valence-corrected chi connectivity index (χ1v) is 8.62. The number of hydrogen-bond acceptors (Lipinski definition) is 5. The van der Waals surface area contributed by atoms with Crippen molar-refractivity contribution in [3.63, 3.8) is 0 Å². The van der Waals surface area contributed by atoms with Crippen LogP contribution >= 0.6 is 0 Å². The van der Waals surface area contributed by atoms with E-state index < -0.39 is 0 Å². The third-order valence-electron chi connectivity index (χ3n) is 4.64. The summed E-state index contributed by atoms with van der Waals surface area (Å²) in [7, 11) is 1.63. The lowest BCUT2D eigenvalue weighted by Gasteiger charge is -2.17. The summed E-state index contributed by atoms with van der Waals surface area (Å²) in [5.74, 6) is 1.12. The van der Waals surface area contributed by atoms with E-state index in [1.54, 1.807) is 25.9 Å². The lowest BCUT2D eigenvalue weighted by Crippen LogP contribution is -2.37. The van der Waals surface area contributed by atoms with Crippen LogP contribution in [-0.4, -0.2) is 48.1 Å². The number of hydrogen-bond donors (Lipinski definition) is 1. The Morgan fingerprint density at radius 2 is 2.08 bits per heavy atom. The minimum Gasteiger partial charge on any atom is -0.497 e. The second kappa shape index (κ2) is 7.59. The van der Waals surface area contributed by atoms with Crippen molar-refractivity contribution < 1.29 is 18.8 Å². The van der Waals surface area contributed by atoms with Gasteiger partial charge in [-0.3, -0.25) is 9.59 Å². The van der Waals surface area contributed by atoms with E-state index in [0.717, 1.165) is 17.7 Å². The third kappa shape index (κ3) is 3.87. The van der Waals surface area contributed by atoms with Crippen LogP contribution < -0.4 is 10.1 Å². The standard InChI is InChI=1S/C19H23N3O4/c1-12-18(13(2)26-21-12)19(24)20-15-10-17(23)22(11-15)9-8-14-4-6-16(25-3)7-5-14/h4-7,15H,8-11H2,1-3H3,(H,20,24)/t15-/m1/s1. The molecule has 0 aliphatic carbocycles. The van der Waals surface area contributed by atoms with Crippen molar-refractivity contribution in [2.45, 2.75) is 32.7 Å². The molecule has 1 aromatic carbocycles. The molecule has 3 rings (SSSR count). The fourth-order valence-electron chi connectivity index (χ4n) is 3.21. The highest BCUT2D eigenvalue weighted by Crippen LogP contribution is 2.17. The lowest BCUT2D eigenvalue weighted by molar-refractivity contribution is -0.127. The number of likely N-dealkylation sites (tertiary alicyclic amines) is 1. The van der Waals surface area contributed by atoms with Gasteiger partial charge in [0.15, 0.2) is 0 Å². The van der Waals surface area contributed by atoms with E-state index >= 15 is 0 Å². The average Bonchev–Trinajstić information content (AvgIpc) is 3.14. The second-order valence-electron chi connectivity index (χ2n) is 6.51. The molecule has 1 atom stereocenters. The highest BCUT2D eigenvalue weighted by molar-refractivity contribution is 5.96. The SMILES string of the molecule is COc1ccc(CCN2C[C@H](NC(=O)c3c(C)noc3C)CC2=O)cc1. The summed E-state index contributed by atoms with van der Waals surface area (Å²) in [6.45, 7) is 4.58. The van der Waals surface area contributed by atoms with Crippen molar-refractivity contribution in [2.24, 2.45) is 0 Å². The third-order valence-corrected chi connectivity index (χ3v) is 4.64. The van der Waals surface area contributed by atoms with Crippen LogP contribution in [0.1, 0.15) is 33.8 Å². The topological polar surface area (TPSA) is 84.7 Å². The van der Waals surface area contributed by atoms with E-state index in [-0.39, 0.29) is 17.9 Å². The summed E-state index contributed by atoms with van der Waals surface area (Å²) >= 11 is 0. The monoisotopic (exact) mass is 357 g/mol. The molecule has 0 radical (unpaired) electrons. The van der Waals surface area contributed by atoms with Gasteiger partial charge in [0.1, 0.15) is 17.1 Å². The van der Waals surface area contributed by atoms with Crippen LogP contribution in [0.5, 0.6) is 5.75 Å². The number of methoxy groups -OCH3 is 1. The molecular formula is C19H23N3O4. The van der Waals surface area contributed by atoms with Crippen molar-refractivity contribution in [1.29, 1.82) is 0 Å². The van der Waals surface area contributed by atoms with Crippen molar-refractivity contribution in [1.82, 2.24) is 15.4 Å². The molecule has 1 fully saturated rings. The molecule has 1 aromatic heterocycles. The number of ether oxygens (including phenoxy) is 1. The number of carbonyl (C=O) groups excluding carboxylic acids is 2. The molecule has 1 N–H and O–H groups in total. The van der Waals surface area contributed by atoms with Crippen molar-refractivity contribution >= 4 is 11.8 Å². The van der Waals surface area contributed by atoms with Crippen molar-refractivity contribution in [3.8, 4) is 5.75 Å². The van der Waals surface area contributed by atoms with E-state index in [2.05, 4.69) is 10.5 Å². The number of benzene rings is 1. The zero-order chi connectivity index (χ0) is 18.7. The Bertz CT molecular complexity index is 778. The largest absolute Gasteiger partial charge is 0.497 e. The molecule has 7 nitrogen and oxygen atoms in total. The van der Waals surface area contributed by atoms with Crippen LogP contribution in [0.4, 0.5) is 0 Å². The maximum Gasteiger partial charge on any atom is 0.257 e. The Kier molecular flexibility index (Phi) is 5.25. The van der Waals surface area contributed by atoms with Gasteiger partial charge in [0.05, 0.1) is 18.8 Å². The minimum absolute atomic E-state index is 0.0579. The van der Waals surface area contributed by atoms with E-state index in [4.69, 9.17) is 9.26 Å². The maximum absolute atomic E-state index is 12.4. The molecule has 1 saturated heterocycles. The normalized spacial score (nSPS) is 16.8. The predicted molar refractivity (Wildman–Crippen MR) is 95.1 cm³/mol. The Morgan fingerprint density at radius 3 is 2.69 bits per heavy atom. The molecule has 0 unspecified atom stereocenters. The summed E-state index contributed by atoms with van der Waals surface area (Å²) in [6.07, 6.45) is 1.08. The van der Waals surface area contributed by atoms with Crippen LogP contribution in [0.2, 0.25) is 0 Å². The van der Waals surface area contributed by atoms with Crippen molar-refractivity contribution in [3.05, 3.63) is 46.8 Å². The number of aromatic nitrogens is 1.